The lowest BCUT2D eigenvalue weighted by Gasteiger charge is -2.37. The van der Waals surface area contributed by atoms with E-state index < -0.39 is 0 Å². The number of nitrogens with one attached hydrogen (secondary N) is 2. The Morgan fingerprint density at radius 2 is 1.92 bits per heavy atom. The number of anilines is 1. The minimum Gasteiger partial charge on any atom is -0.506 e. The molecule has 1 aliphatic rings. The largest absolute Gasteiger partial charge is 0.506 e. The van der Waals surface area contributed by atoms with E-state index in [-0.39, 0.29) is 11.9 Å². The van der Waals surface area contributed by atoms with Crippen molar-refractivity contribution < 1.29 is 9.90 Å². The third-order valence-electron chi connectivity index (χ3n) is 4.19. The highest BCUT2D eigenvalue weighted by Crippen LogP contribution is 2.27. The predicted octanol–water partition coefficient (Wildman–Crippen LogP) is 1.39. The van der Waals surface area contributed by atoms with Crippen molar-refractivity contribution in [2.24, 2.45) is 4.99 Å². The summed E-state index contributed by atoms with van der Waals surface area (Å²) in [5, 5.41) is 16.2. The fraction of sp³-hybridized carbons (Fsp3) is 0.579. The van der Waals surface area contributed by atoms with Crippen molar-refractivity contribution in [1.82, 2.24) is 15.5 Å². The highest BCUT2D eigenvalue weighted by atomic mass is 16.3. The van der Waals surface area contributed by atoms with Crippen LogP contribution in [-0.2, 0) is 4.79 Å². The average Bonchev–Trinajstić information content (AvgIpc) is 2.61. The van der Waals surface area contributed by atoms with Crippen LogP contribution in [0.5, 0.6) is 5.75 Å². The number of aromatic hydroxyl groups is 1. The number of phenolic OH excluding ortho intramolecular Hbond substituents is 1. The minimum atomic E-state index is 0.0315. The first kappa shape index (κ1) is 19.9. The lowest BCUT2D eigenvalue weighted by molar-refractivity contribution is -0.121. The maximum absolute atomic E-state index is 11.8. The number of hydrogen-bond donors (Lipinski definition) is 3. The molecule has 0 bridgehead atoms. The van der Waals surface area contributed by atoms with Gasteiger partial charge in [-0.2, -0.15) is 0 Å². The van der Waals surface area contributed by atoms with Crippen molar-refractivity contribution in [2.45, 2.75) is 33.2 Å². The van der Waals surface area contributed by atoms with Gasteiger partial charge in [-0.3, -0.25) is 9.79 Å². The summed E-state index contributed by atoms with van der Waals surface area (Å²) in [6, 6.07) is 7.59. The van der Waals surface area contributed by atoms with Crippen LogP contribution in [0.15, 0.2) is 29.3 Å². The predicted molar refractivity (Wildman–Crippen MR) is 106 cm³/mol. The normalized spacial score (nSPS) is 15.3. The number of carbonyl (C=O) groups excluding carboxylic acids is 1. The highest BCUT2D eigenvalue weighted by molar-refractivity contribution is 5.81. The Hall–Kier alpha value is -2.44. The molecule has 1 fully saturated rings. The first-order chi connectivity index (χ1) is 12.5. The molecule has 1 aromatic carbocycles. The van der Waals surface area contributed by atoms with Crippen LogP contribution in [0.1, 0.15) is 27.2 Å². The smallest absolute Gasteiger partial charge is 0.222 e. The third kappa shape index (κ3) is 5.82. The maximum Gasteiger partial charge on any atom is 0.222 e. The number of para-hydroxylation sites is 2. The molecule has 1 saturated heterocycles. The SMILES string of the molecule is CCNC(=NCCC(=O)NC(C)C)N1CCN(c2ccccc2O)CC1. The van der Waals surface area contributed by atoms with Gasteiger partial charge in [-0.1, -0.05) is 12.1 Å². The van der Waals surface area contributed by atoms with Crippen LogP contribution in [0.3, 0.4) is 0 Å². The lowest BCUT2D eigenvalue weighted by Crippen LogP contribution is -2.52. The molecule has 7 nitrogen and oxygen atoms in total. The molecule has 0 aromatic heterocycles. The number of amides is 1. The van der Waals surface area contributed by atoms with Crippen LogP contribution in [-0.4, -0.2) is 67.2 Å². The van der Waals surface area contributed by atoms with E-state index in [9.17, 15) is 9.90 Å². The molecule has 0 unspecified atom stereocenters. The fourth-order valence-electron chi connectivity index (χ4n) is 2.97. The number of guanidine groups is 1. The van der Waals surface area contributed by atoms with E-state index in [0.717, 1.165) is 44.4 Å². The Balaban J connectivity index is 1.90. The summed E-state index contributed by atoms with van der Waals surface area (Å²) >= 11 is 0. The van der Waals surface area contributed by atoms with Crippen molar-refractivity contribution in [2.75, 3.05) is 44.2 Å². The van der Waals surface area contributed by atoms with Gasteiger partial charge in [0.15, 0.2) is 5.96 Å². The first-order valence-electron chi connectivity index (χ1n) is 9.36. The van der Waals surface area contributed by atoms with Gasteiger partial charge >= 0.3 is 0 Å². The van der Waals surface area contributed by atoms with E-state index in [2.05, 4.69) is 25.4 Å². The van der Waals surface area contributed by atoms with Gasteiger partial charge in [-0.15, -0.1) is 0 Å². The van der Waals surface area contributed by atoms with Gasteiger partial charge in [0.25, 0.3) is 0 Å². The molecular formula is C19H31N5O2. The third-order valence-corrected chi connectivity index (χ3v) is 4.19. The van der Waals surface area contributed by atoms with Gasteiger partial charge in [0.2, 0.25) is 5.91 Å². The lowest BCUT2D eigenvalue weighted by atomic mass is 10.2. The van der Waals surface area contributed by atoms with Gasteiger partial charge in [0, 0.05) is 45.2 Å². The summed E-state index contributed by atoms with van der Waals surface area (Å²) in [6.07, 6.45) is 0.394. The van der Waals surface area contributed by atoms with Gasteiger partial charge in [0.05, 0.1) is 12.2 Å². The second-order valence-electron chi connectivity index (χ2n) is 6.67. The second-order valence-corrected chi connectivity index (χ2v) is 6.67. The van der Waals surface area contributed by atoms with Gasteiger partial charge in [0.1, 0.15) is 5.75 Å². The van der Waals surface area contributed by atoms with Crippen molar-refractivity contribution >= 4 is 17.6 Å². The zero-order valence-electron chi connectivity index (χ0n) is 16.0. The zero-order chi connectivity index (χ0) is 18.9. The molecule has 1 heterocycles. The summed E-state index contributed by atoms with van der Waals surface area (Å²) in [5.41, 5.74) is 0.874. The quantitative estimate of drug-likeness (QED) is 0.527. The van der Waals surface area contributed by atoms with Crippen LogP contribution in [0, 0.1) is 0 Å². The van der Waals surface area contributed by atoms with Crippen LogP contribution in [0.4, 0.5) is 5.69 Å². The Bertz CT molecular complexity index is 610. The van der Waals surface area contributed by atoms with Gasteiger partial charge in [-0.05, 0) is 32.9 Å². The van der Waals surface area contributed by atoms with Crippen molar-refractivity contribution in [3.63, 3.8) is 0 Å². The zero-order valence-corrected chi connectivity index (χ0v) is 16.0. The topological polar surface area (TPSA) is 80.2 Å². The minimum absolute atomic E-state index is 0.0315. The molecular weight excluding hydrogens is 330 g/mol. The molecule has 26 heavy (non-hydrogen) atoms. The van der Waals surface area contributed by atoms with E-state index in [0.29, 0.717) is 18.7 Å². The van der Waals surface area contributed by atoms with E-state index in [1.54, 1.807) is 6.07 Å². The van der Waals surface area contributed by atoms with Crippen LogP contribution < -0.4 is 15.5 Å². The number of benzene rings is 1. The number of carbonyl (C=O) groups is 1. The molecule has 0 spiro atoms. The summed E-state index contributed by atoms with van der Waals surface area (Å²) in [5.74, 6) is 1.20. The van der Waals surface area contributed by atoms with Crippen molar-refractivity contribution in [1.29, 1.82) is 0 Å². The van der Waals surface area contributed by atoms with E-state index in [1.807, 2.05) is 39.0 Å². The summed E-state index contributed by atoms with van der Waals surface area (Å²) in [7, 11) is 0. The van der Waals surface area contributed by atoms with E-state index >= 15 is 0 Å². The number of rotatable bonds is 6. The highest BCUT2D eigenvalue weighted by Gasteiger charge is 2.21. The Kier molecular flexibility index (Phi) is 7.56. The summed E-state index contributed by atoms with van der Waals surface area (Å²) < 4.78 is 0. The molecule has 0 saturated carbocycles. The standard InChI is InChI=1S/C19H31N5O2/c1-4-20-19(21-10-9-18(26)22-15(2)3)24-13-11-23(12-14-24)16-7-5-6-8-17(16)25/h5-8,15,25H,4,9-14H2,1-3H3,(H,20,21)(H,22,26). The Morgan fingerprint density at radius 3 is 2.54 bits per heavy atom. The van der Waals surface area contributed by atoms with E-state index in [4.69, 9.17) is 0 Å². The fourth-order valence-corrected chi connectivity index (χ4v) is 2.97. The molecule has 3 N–H and O–H groups in total. The van der Waals surface area contributed by atoms with E-state index in [1.165, 1.54) is 0 Å². The average molecular weight is 361 g/mol. The molecule has 144 valence electrons. The molecule has 2 rings (SSSR count). The molecule has 0 atom stereocenters. The Labute approximate surface area is 156 Å². The summed E-state index contributed by atoms with van der Waals surface area (Å²) in [4.78, 5) is 20.8. The molecule has 0 aliphatic carbocycles. The van der Waals surface area contributed by atoms with Gasteiger partial charge < -0.3 is 25.5 Å². The van der Waals surface area contributed by atoms with Crippen molar-refractivity contribution in [3.05, 3.63) is 24.3 Å². The molecule has 1 aliphatic heterocycles. The summed E-state index contributed by atoms with van der Waals surface area (Å²) in [6.45, 7) is 10.5. The molecule has 1 aromatic rings. The molecule has 1 amide bonds. The Morgan fingerprint density at radius 1 is 1.23 bits per heavy atom. The van der Waals surface area contributed by atoms with Crippen LogP contribution in [0.2, 0.25) is 0 Å². The maximum atomic E-state index is 11.8. The van der Waals surface area contributed by atoms with Crippen molar-refractivity contribution in [3.8, 4) is 5.75 Å². The number of phenols is 1. The second kappa shape index (κ2) is 9.89. The first-order valence-corrected chi connectivity index (χ1v) is 9.36. The number of piperazine rings is 1. The molecule has 0 radical (unpaired) electrons. The van der Waals surface area contributed by atoms with Crippen LogP contribution >= 0.6 is 0 Å². The van der Waals surface area contributed by atoms with Crippen LogP contribution in [0.25, 0.3) is 0 Å². The monoisotopic (exact) mass is 361 g/mol. The molecule has 7 heteroatoms. The number of aliphatic imine (C=N–C) groups is 1. The number of nitrogens with zero attached hydrogens (tertiary/aromatic N) is 3. The van der Waals surface area contributed by atoms with Gasteiger partial charge in [-0.25, -0.2) is 0 Å². The number of hydrogen-bond acceptors (Lipinski definition) is 4.